The third-order valence-corrected chi connectivity index (χ3v) is 5.16. The number of hydrogen-bond donors (Lipinski definition) is 1. The third kappa shape index (κ3) is 6.28. The summed E-state index contributed by atoms with van der Waals surface area (Å²) in [7, 11) is 0. The van der Waals surface area contributed by atoms with Crippen LogP contribution in [-0.2, 0) is 6.42 Å². The van der Waals surface area contributed by atoms with E-state index in [1.165, 1.54) is 0 Å². The van der Waals surface area contributed by atoms with Crippen LogP contribution >= 0.6 is 35.6 Å². The lowest BCUT2D eigenvalue weighted by atomic mass is 10.2. The lowest BCUT2D eigenvalue weighted by molar-refractivity contribution is 0.367. The van der Waals surface area contributed by atoms with Crippen LogP contribution in [0.3, 0.4) is 0 Å². The third-order valence-electron chi connectivity index (χ3n) is 4.91. The summed E-state index contributed by atoms with van der Waals surface area (Å²) in [5, 5.41) is 8.11. The van der Waals surface area contributed by atoms with Crippen LogP contribution in [-0.4, -0.2) is 70.2 Å². The van der Waals surface area contributed by atoms with Crippen LogP contribution in [0.15, 0.2) is 52.2 Å². The van der Waals surface area contributed by atoms with E-state index in [0.29, 0.717) is 29.7 Å². The molecule has 0 radical (unpaired) electrons. The Morgan fingerprint density at radius 1 is 1.12 bits per heavy atom. The maximum absolute atomic E-state index is 5.93. The van der Waals surface area contributed by atoms with Crippen molar-refractivity contribution >= 4 is 47.5 Å². The normalized spacial score (nSPS) is 14.2. The van der Waals surface area contributed by atoms with E-state index in [4.69, 9.17) is 21.1 Å². The summed E-state index contributed by atoms with van der Waals surface area (Å²) in [6, 6.07) is 9.20. The van der Waals surface area contributed by atoms with Crippen LogP contribution in [0, 0.1) is 0 Å². The number of nitrogens with one attached hydrogen (secondary N) is 1. The van der Waals surface area contributed by atoms with Crippen molar-refractivity contribution in [3.05, 3.63) is 53.6 Å². The van der Waals surface area contributed by atoms with E-state index in [0.717, 1.165) is 50.2 Å². The number of piperazine rings is 1. The molecule has 0 bridgehead atoms. The maximum atomic E-state index is 5.93. The van der Waals surface area contributed by atoms with Gasteiger partial charge in [0.25, 0.3) is 0 Å². The molecular weight excluding hydrogens is 543 g/mol. The average Bonchev–Trinajstić information content (AvgIpc) is 3.29. The number of guanidine groups is 1. The van der Waals surface area contributed by atoms with E-state index in [9.17, 15) is 0 Å². The van der Waals surface area contributed by atoms with Crippen LogP contribution in [0.25, 0.3) is 11.4 Å². The number of aromatic nitrogens is 4. The quantitative estimate of drug-likeness (QED) is 0.275. The minimum absolute atomic E-state index is 0. The van der Waals surface area contributed by atoms with E-state index in [-0.39, 0.29) is 24.0 Å². The summed E-state index contributed by atoms with van der Waals surface area (Å²) in [5.74, 6) is 2.79. The second kappa shape index (κ2) is 12.0. The highest BCUT2D eigenvalue weighted by Gasteiger charge is 2.21. The first-order chi connectivity index (χ1) is 15.2. The molecule has 3 aromatic rings. The molecule has 1 fully saturated rings. The number of nitrogens with zero attached hydrogens (tertiary/aromatic N) is 7. The first kappa shape index (κ1) is 24.2. The smallest absolute Gasteiger partial charge is 0.228 e. The topological polar surface area (TPSA) is 95.6 Å². The fourth-order valence-electron chi connectivity index (χ4n) is 3.33. The monoisotopic (exact) mass is 568 g/mol. The molecule has 0 amide bonds. The number of aliphatic imine (C=N–C) groups is 1. The van der Waals surface area contributed by atoms with E-state index < -0.39 is 0 Å². The van der Waals surface area contributed by atoms with Gasteiger partial charge >= 0.3 is 0 Å². The van der Waals surface area contributed by atoms with Crippen molar-refractivity contribution in [1.29, 1.82) is 0 Å². The van der Waals surface area contributed by atoms with Crippen LogP contribution < -0.4 is 10.2 Å². The summed E-state index contributed by atoms with van der Waals surface area (Å²) < 4.78 is 5.38. The van der Waals surface area contributed by atoms with Crippen molar-refractivity contribution in [2.75, 3.05) is 44.2 Å². The molecule has 2 aromatic heterocycles. The zero-order valence-corrected chi connectivity index (χ0v) is 20.9. The highest BCUT2D eigenvalue weighted by molar-refractivity contribution is 14.0. The Balaban J connectivity index is 0.00000289. The molecule has 0 saturated carbocycles. The fourth-order valence-corrected chi connectivity index (χ4v) is 3.45. The van der Waals surface area contributed by atoms with E-state index in [2.05, 4.69) is 42.1 Å². The number of halogens is 2. The second-order valence-corrected chi connectivity index (χ2v) is 7.46. The molecule has 32 heavy (non-hydrogen) atoms. The Labute approximate surface area is 209 Å². The second-order valence-electron chi connectivity index (χ2n) is 7.03. The minimum atomic E-state index is 0. The lowest BCUT2D eigenvalue weighted by Gasteiger charge is -2.36. The van der Waals surface area contributed by atoms with Crippen molar-refractivity contribution in [1.82, 2.24) is 30.3 Å². The molecule has 0 unspecified atom stereocenters. The molecule has 1 saturated heterocycles. The van der Waals surface area contributed by atoms with E-state index in [1.807, 2.05) is 30.3 Å². The summed E-state index contributed by atoms with van der Waals surface area (Å²) >= 11 is 5.93. The van der Waals surface area contributed by atoms with Crippen molar-refractivity contribution in [3.8, 4) is 11.4 Å². The van der Waals surface area contributed by atoms with Crippen molar-refractivity contribution in [2.45, 2.75) is 13.3 Å². The Kier molecular flexibility index (Phi) is 9.03. The molecule has 1 N–H and O–H groups in total. The fraction of sp³-hybridized carbons (Fsp3) is 0.381. The van der Waals surface area contributed by atoms with Crippen molar-refractivity contribution in [2.24, 2.45) is 4.99 Å². The number of benzene rings is 1. The number of rotatable bonds is 6. The lowest BCUT2D eigenvalue weighted by Crippen LogP contribution is -2.53. The molecule has 0 aliphatic carbocycles. The SMILES string of the molecule is CCNC(=NCCc1nc(-c2ccc(Cl)cc2)no1)N1CCN(c2ncccn2)CC1.I. The van der Waals surface area contributed by atoms with E-state index in [1.54, 1.807) is 12.4 Å². The van der Waals surface area contributed by atoms with Crippen LogP contribution in [0.4, 0.5) is 5.95 Å². The Morgan fingerprint density at radius 3 is 2.53 bits per heavy atom. The van der Waals surface area contributed by atoms with Gasteiger partial charge in [0.15, 0.2) is 5.96 Å². The van der Waals surface area contributed by atoms with Gasteiger partial charge in [-0.15, -0.1) is 24.0 Å². The minimum Gasteiger partial charge on any atom is -0.357 e. The number of anilines is 1. The predicted octanol–water partition coefficient (Wildman–Crippen LogP) is 3.13. The zero-order valence-electron chi connectivity index (χ0n) is 17.8. The van der Waals surface area contributed by atoms with Gasteiger partial charge in [0.2, 0.25) is 17.7 Å². The van der Waals surface area contributed by atoms with Crippen molar-refractivity contribution in [3.63, 3.8) is 0 Å². The summed E-state index contributed by atoms with van der Waals surface area (Å²) in [4.78, 5) is 22.4. The molecule has 4 rings (SSSR count). The average molecular weight is 569 g/mol. The molecule has 1 aliphatic heterocycles. The summed E-state index contributed by atoms with van der Waals surface area (Å²) in [6.07, 6.45) is 4.12. The van der Waals surface area contributed by atoms with Gasteiger partial charge in [-0.2, -0.15) is 4.98 Å². The van der Waals surface area contributed by atoms with E-state index >= 15 is 0 Å². The molecule has 1 aromatic carbocycles. The Hall–Kier alpha value is -2.47. The molecule has 0 spiro atoms. The first-order valence-corrected chi connectivity index (χ1v) is 10.7. The molecular formula is C21H26ClIN8O. The Morgan fingerprint density at radius 2 is 1.84 bits per heavy atom. The standard InChI is InChI=1S/C21H25ClN8O.HI/c1-2-23-20(29-12-14-30(15-13-29)21-24-9-3-10-25-21)26-11-8-18-27-19(28-31-18)16-4-6-17(22)7-5-16;/h3-7,9-10H,2,8,11-15H2,1H3,(H,23,26);1H. The van der Waals surface area contributed by atoms with Crippen LogP contribution in [0.5, 0.6) is 0 Å². The van der Waals surface area contributed by atoms with Gasteiger partial charge < -0.3 is 19.6 Å². The molecule has 3 heterocycles. The Bertz CT molecular complexity index is 991. The van der Waals surface area contributed by atoms with Crippen molar-refractivity contribution < 1.29 is 4.52 Å². The van der Waals surface area contributed by atoms with Crippen LogP contribution in [0.1, 0.15) is 12.8 Å². The van der Waals surface area contributed by atoms with Gasteiger partial charge in [-0.25, -0.2) is 9.97 Å². The highest BCUT2D eigenvalue weighted by atomic mass is 127. The van der Waals surface area contributed by atoms with Gasteiger partial charge in [-0.3, -0.25) is 4.99 Å². The van der Waals surface area contributed by atoms with Gasteiger partial charge in [0.1, 0.15) is 0 Å². The molecule has 170 valence electrons. The highest BCUT2D eigenvalue weighted by Crippen LogP contribution is 2.18. The van der Waals surface area contributed by atoms with Crippen LogP contribution in [0.2, 0.25) is 5.02 Å². The van der Waals surface area contributed by atoms with Gasteiger partial charge in [0.05, 0.1) is 6.54 Å². The largest absolute Gasteiger partial charge is 0.357 e. The molecule has 11 heteroatoms. The number of hydrogen-bond acceptors (Lipinski definition) is 7. The summed E-state index contributed by atoms with van der Waals surface area (Å²) in [6.45, 7) is 6.84. The molecule has 9 nitrogen and oxygen atoms in total. The van der Waals surface area contributed by atoms with Gasteiger partial charge in [-0.05, 0) is 37.3 Å². The maximum Gasteiger partial charge on any atom is 0.228 e. The molecule has 0 atom stereocenters. The predicted molar refractivity (Wildman–Crippen MR) is 136 cm³/mol. The van der Waals surface area contributed by atoms with Gasteiger partial charge in [-0.1, -0.05) is 16.8 Å². The molecule has 1 aliphatic rings. The summed E-state index contributed by atoms with van der Waals surface area (Å²) in [5.41, 5.74) is 0.872. The zero-order chi connectivity index (χ0) is 21.5. The van der Waals surface area contributed by atoms with Gasteiger partial charge in [0, 0.05) is 62.1 Å². The first-order valence-electron chi connectivity index (χ1n) is 10.4.